The fourth-order valence-corrected chi connectivity index (χ4v) is 5.92. The molecule has 0 saturated carbocycles. The highest BCUT2D eigenvalue weighted by Crippen LogP contribution is 2.41. The van der Waals surface area contributed by atoms with E-state index in [0.29, 0.717) is 11.3 Å². The van der Waals surface area contributed by atoms with Crippen LogP contribution in [0.5, 0.6) is 0 Å². The summed E-state index contributed by atoms with van der Waals surface area (Å²) in [6.07, 6.45) is 3.50. The number of rotatable bonds is 8. The average Bonchev–Trinajstić information content (AvgIpc) is 3.43. The molecule has 2 atom stereocenters. The Balaban J connectivity index is 1.54. The van der Waals surface area contributed by atoms with Crippen molar-refractivity contribution in [2.45, 2.75) is 25.3 Å². The monoisotopic (exact) mass is 520 g/mol. The average molecular weight is 521 g/mol. The number of amides is 2. The third kappa shape index (κ3) is 4.56. The van der Waals surface area contributed by atoms with Crippen molar-refractivity contribution in [3.63, 3.8) is 0 Å². The zero-order valence-electron chi connectivity index (χ0n) is 18.0. The van der Waals surface area contributed by atoms with Gasteiger partial charge in [-0.15, -0.1) is 34.4 Å². The standard InChI is InChI=1S/C20H20N6O5S3/c1-3-31-25-13(11-7-33-20(21)23-11)16(27)24-14-17(28)26-15(19(29)30)10(6-32-18(14)26)4-5-12-9(2)22-8-34-12/h4-5,7-8,14,18H,3,6H2,1-2H3,(H2,21,23)(H,24,27)(H,29,30)/b5-4+,25-13+. The van der Waals surface area contributed by atoms with Gasteiger partial charge in [0.25, 0.3) is 11.8 Å². The van der Waals surface area contributed by atoms with Gasteiger partial charge in [-0.25, -0.2) is 14.8 Å². The number of thioether (sulfide) groups is 1. The van der Waals surface area contributed by atoms with Crippen molar-refractivity contribution in [1.82, 2.24) is 20.2 Å². The van der Waals surface area contributed by atoms with Gasteiger partial charge < -0.3 is 21.0 Å². The number of carboxylic acid groups (broad SMARTS) is 1. The number of aliphatic carboxylic acids is 1. The molecule has 4 N–H and O–H groups in total. The van der Waals surface area contributed by atoms with Gasteiger partial charge in [0.2, 0.25) is 0 Å². The van der Waals surface area contributed by atoms with Crippen LogP contribution in [0, 0.1) is 6.92 Å². The summed E-state index contributed by atoms with van der Waals surface area (Å²) in [7, 11) is 0. The molecule has 0 bridgehead atoms. The molecular weight excluding hydrogens is 500 g/mol. The van der Waals surface area contributed by atoms with Crippen molar-refractivity contribution in [3.05, 3.63) is 44.5 Å². The zero-order valence-corrected chi connectivity index (χ0v) is 20.5. The van der Waals surface area contributed by atoms with E-state index in [4.69, 9.17) is 10.6 Å². The quantitative estimate of drug-likeness (QED) is 0.267. The largest absolute Gasteiger partial charge is 0.477 e. The minimum absolute atomic E-state index is 0.0897. The van der Waals surface area contributed by atoms with Crippen molar-refractivity contribution in [2.24, 2.45) is 5.16 Å². The number of aromatic nitrogens is 2. The van der Waals surface area contributed by atoms with Gasteiger partial charge in [0, 0.05) is 16.0 Å². The Morgan fingerprint density at radius 2 is 2.21 bits per heavy atom. The van der Waals surface area contributed by atoms with Crippen LogP contribution in [0.3, 0.4) is 0 Å². The van der Waals surface area contributed by atoms with Crippen LogP contribution in [-0.2, 0) is 19.2 Å². The van der Waals surface area contributed by atoms with Gasteiger partial charge in [-0.2, -0.15) is 0 Å². The number of carbonyl (C=O) groups excluding carboxylic acids is 2. The van der Waals surface area contributed by atoms with Gasteiger partial charge in [-0.3, -0.25) is 14.5 Å². The first-order valence-electron chi connectivity index (χ1n) is 10.0. The number of aryl methyl sites for hydroxylation is 1. The first-order valence-corrected chi connectivity index (χ1v) is 12.8. The van der Waals surface area contributed by atoms with Gasteiger partial charge in [0.15, 0.2) is 10.8 Å². The van der Waals surface area contributed by atoms with Gasteiger partial charge in [0.05, 0.1) is 11.2 Å². The summed E-state index contributed by atoms with van der Waals surface area (Å²) in [6.45, 7) is 3.81. The maximum absolute atomic E-state index is 12.9. The minimum atomic E-state index is -1.21. The number of nitrogens with two attached hydrogens (primary N) is 1. The fourth-order valence-electron chi connectivity index (χ4n) is 3.36. The smallest absolute Gasteiger partial charge is 0.352 e. The second kappa shape index (κ2) is 9.95. The molecule has 4 heterocycles. The Bertz CT molecular complexity index is 1230. The molecule has 2 unspecified atom stereocenters. The Morgan fingerprint density at radius 3 is 2.82 bits per heavy atom. The van der Waals surface area contributed by atoms with E-state index in [1.165, 1.54) is 28.0 Å². The molecule has 0 aliphatic carbocycles. The minimum Gasteiger partial charge on any atom is -0.477 e. The van der Waals surface area contributed by atoms with Crippen LogP contribution in [-0.4, -0.2) is 67.2 Å². The molecule has 4 rings (SSSR count). The summed E-state index contributed by atoms with van der Waals surface area (Å²) in [5.74, 6) is -2.03. The summed E-state index contributed by atoms with van der Waals surface area (Å²) in [6, 6.07) is -0.913. The third-order valence-corrected chi connectivity index (χ3v) is 7.84. The number of nitrogen functional groups attached to an aromatic ring is 1. The third-order valence-electron chi connectivity index (χ3n) is 4.97. The Morgan fingerprint density at radius 1 is 1.41 bits per heavy atom. The van der Waals surface area contributed by atoms with Crippen LogP contribution in [0.2, 0.25) is 0 Å². The molecule has 178 valence electrons. The number of oxime groups is 1. The molecule has 14 heteroatoms. The number of anilines is 1. The molecule has 2 amide bonds. The van der Waals surface area contributed by atoms with Gasteiger partial charge >= 0.3 is 5.97 Å². The van der Waals surface area contributed by atoms with Crippen LogP contribution in [0.25, 0.3) is 6.08 Å². The number of hydrogen-bond donors (Lipinski definition) is 3. The topological polar surface area (TPSA) is 160 Å². The number of nitrogens with zero attached hydrogens (tertiary/aromatic N) is 4. The Labute approximate surface area is 206 Å². The summed E-state index contributed by atoms with van der Waals surface area (Å²) >= 11 is 3.95. The van der Waals surface area contributed by atoms with Crippen LogP contribution < -0.4 is 11.1 Å². The first kappa shape index (κ1) is 23.9. The van der Waals surface area contributed by atoms with Crippen LogP contribution in [0.15, 0.2) is 33.4 Å². The van der Waals surface area contributed by atoms with E-state index in [2.05, 4.69) is 20.4 Å². The zero-order chi connectivity index (χ0) is 24.4. The van der Waals surface area contributed by atoms with E-state index in [1.54, 1.807) is 30.0 Å². The molecule has 2 aromatic heterocycles. The number of carboxylic acids is 1. The molecule has 1 saturated heterocycles. The maximum Gasteiger partial charge on any atom is 0.352 e. The Kier molecular flexibility index (Phi) is 7.00. The van der Waals surface area contributed by atoms with E-state index < -0.39 is 29.2 Å². The van der Waals surface area contributed by atoms with E-state index in [0.717, 1.165) is 21.9 Å². The summed E-state index contributed by atoms with van der Waals surface area (Å²) in [5, 5.41) is 17.5. The summed E-state index contributed by atoms with van der Waals surface area (Å²) in [4.78, 5) is 53.2. The second-order valence-electron chi connectivity index (χ2n) is 7.10. The summed E-state index contributed by atoms with van der Waals surface area (Å²) < 4.78 is 0. The molecule has 0 aromatic carbocycles. The number of β-lactam (4-membered cyclic amide) rings is 1. The lowest BCUT2D eigenvalue weighted by Crippen LogP contribution is -2.71. The molecule has 2 aliphatic heterocycles. The van der Waals surface area contributed by atoms with Crippen LogP contribution in [0.1, 0.15) is 23.2 Å². The predicted molar refractivity (Wildman–Crippen MR) is 130 cm³/mol. The highest BCUT2D eigenvalue weighted by atomic mass is 32.2. The van der Waals surface area contributed by atoms with Crippen molar-refractivity contribution in [3.8, 4) is 0 Å². The molecule has 11 nitrogen and oxygen atoms in total. The van der Waals surface area contributed by atoms with Gasteiger partial charge in [-0.1, -0.05) is 11.2 Å². The SMILES string of the molecule is CCO/N=C(/C(=O)NC1C(=O)N2C(C(=O)O)=C(/C=C/c3scnc3C)CSC12)c1csc(N)n1. The molecule has 34 heavy (non-hydrogen) atoms. The fraction of sp³-hybridized carbons (Fsp3) is 0.300. The van der Waals surface area contributed by atoms with E-state index in [9.17, 15) is 19.5 Å². The number of hydrogen-bond acceptors (Lipinski definition) is 11. The first-order chi connectivity index (χ1) is 16.3. The number of fused-ring (bicyclic) bond motifs is 1. The van der Waals surface area contributed by atoms with Gasteiger partial charge in [0.1, 0.15) is 29.4 Å². The molecular formula is C20H20N6O5S3. The number of thiazole rings is 2. The lowest BCUT2D eigenvalue weighted by atomic mass is 10.0. The van der Waals surface area contributed by atoms with E-state index >= 15 is 0 Å². The van der Waals surface area contributed by atoms with Crippen molar-refractivity contribution in [2.75, 3.05) is 18.1 Å². The van der Waals surface area contributed by atoms with Crippen LogP contribution >= 0.6 is 34.4 Å². The van der Waals surface area contributed by atoms with Crippen LogP contribution in [0.4, 0.5) is 5.13 Å². The molecule has 0 spiro atoms. The van der Waals surface area contributed by atoms with Crippen molar-refractivity contribution >= 4 is 69.1 Å². The highest BCUT2D eigenvalue weighted by molar-refractivity contribution is 8.00. The molecule has 0 radical (unpaired) electrons. The predicted octanol–water partition coefficient (Wildman–Crippen LogP) is 1.68. The van der Waals surface area contributed by atoms with Crippen molar-refractivity contribution < 1.29 is 24.3 Å². The lowest BCUT2D eigenvalue weighted by molar-refractivity contribution is -0.150. The number of allylic oxidation sites excluding steroid dienone is 1. The molecule has 2 aliphatic rings. The number of carbonyl (C=O) groups is 3. The molecule has 2 aromatic rings. The second-order valence-corrected chi connectivity index (χ2v) is 9.98. The van der Waals surface area contributed by atoms with Crippen molar-refractivity contribution in [1.29, 1.82) is 0 Å². The Hall–Kier alpha value is -3.23. The normalized spacial score (nSPS) is 20.4. The maximum atomic E-state index is 12.9. The summed E-state index contributed by atoms with van der Waals surface area (Å²) in [5.41, 5.74) is 8.75. The number of nitrogens with one attached hydrogen (secondary N) is 1. The van der Waals surface area contributed by atoms with Gasteiger partial charge in [-0.05, 0) is 25.5 Å². The van der Waals surface area contributed by atoms with E-state index in [1.807, 2.05) is 6.92 Å². The lowest BCUT2D eigenvalue weighted by Gasteiger charge is -2.49. The highest BCUT2D eigenvalue weighted by Gasteiger charge is 2.54. The molecule has 1 fully saturated rings. The van der Waals surface area contributed by atoms with E-state index in [-0.39, 0.29) is 28.8 Å².